The number of nitrogens with zero attached hydrogens (tertiary/aromatic N) is 2. The topological polar surface area (TPSA) is 119 Å². The highest BCUT2D eigenvalue weighted by Crippen LogP contribution is 2.41. The van der Waals surface area contributed by atoms with E-state index in [1.165, 1.54) is 21.3 Å². The lowest BCUT2D eigenvalue weighted by molar-refractivity contribution is 0.0918. The van der Waals surface area contributed by atoms with Crippen molar-refractivity contribution in [3.63, 3.8) is 0 Å². The van der Waals surface area contributed by atoms with E-state index < -0.39 is 6.04 Å². The second-order valence-electron chi connectivity index (χ2n) is 8.91. The molecule has 0 aliphatic carbocycles. The third-order valence-electron chi connectivity index (χ3n) is 6.53. The summed E-state index contributed by atoms with van der Waals surface area (Å²) in [7, 11) is 4.61. The molecule has 0 aliphatic rings. The summed E-state index contributed by atoms with van der Waals surface area (Å²) in [5.74, 6) is 1.02. The van der Waals surface area contributed by atoms with Crippen LogP contribution in [0.3, 0.4) is 0 Å². The molecule has 10 heteroatoms. The molecule has 1 atom stereocenters. The fourth-order valence-electron chi connectivity index (χ4n) is 4.64. The first-order valence-electron chi connectivity index (χ1n) is 12.2. The van der Waals surface area contributed by atoms with E-state index in [2.05, 4.69) is 31.2 Å². The Morgan fingerprint density at radius 2 is 1.79 bits per heavy atom. The first-order chi connectivity index (χ1) is 18.9. The van der Waals surface area contributed by atoms with Gasteiger partial charge >= 0.3 is 0 Å². The van der Waals surface area contributed by atoms with Crippen LogP contribution in [0.25, 0.3) is 33.2 Å². The number of pyridine rings is 2. The molecule has 39 heavy (non-hydrogen) atoms. The lowest BCUT2D eigenvalue weighted by atomic mass is 10.0. The van der Waals surface area contributed by atoms with Gasteiger partial charge in [-0.2, -0.15) is 0 Å². The number of hydrogen-bond donors (Lipinski definition) is 3. The number of carbonyl (C=O) groups is 1. The van der Waals surface area contributed by atoms with E-state index >= 15 is 0 Å². The Balaban J connectivity index is 1.54. The van der Waals surface area contributed by atoms with E-state index in [9.17, 15) is 9.90 Å². The normalized spacial score (nSPS) is 11.9. The average molecular weight is 591 g/mol. The van der Waals surface area contributed by atoms with Gasteiger partial charge in [-0.15, -0.1) is 0 Å². The number of aromatic nitrogens is 3. The minimum absolute atomic E-state index is 0.226. The number of hydrogen-bond acceptors (Lipinski definition) is 7. The molecule has 0 unspecified atom stereocenters. The van der Waals surface area contributed by atoms with Crippen LogP contribution in [-0.2, 0) is 6.42 Å². The van der Waals surface area contributed by atoms with Gasteiger partial charge in [-0.3, -0.25) is 4.79 Å². The molecular formula is C29H27BrN4O5. The number of benzene rings is 2. The lowest BCUT2D eigenvalue weighted by Gasteiger charge is -2.18. The highest BCUT2D eigenvalue weighted by atomic mass is 79.9. The van der Waals surface area contributed by atoms with Gasteiger partial charge in [0.15, 0.2) is 17.1 Å². The number of para-hydroxylation sites is 1. The number of nitrogens with one attached hydrogen (secondary N) is 2. The summed E-state index contributed by atoms with van der Waals surface area (Å²) in [5, 5.41) is 14.8. The smallest absolute Gasteiger partial charge is 0.252 e. The van der Waals surface area contributed by atoms with Crippen LogP contribution in [0.2, 0.25) is 0 Å². The Morgan fingerprint density at radius 3 is 2.49 bits per heavy atom. The maximum absolute atomic E-state index is 13.7. The molecule has 0 saturated carbocycles. The van der Waals surface area contributed by atoms with Gasteiger partial charge in [0.2, 0.25) is 5.75 Å². The van der Waals surface area contributed by atoms with Gasteiger partial charge in [0.05, 0.1) is 45.2 Å². The number of aliphatic hydroxyl groups is 1. The van der Waals surface area contributed by atoms with Crippen LogP contribution >= 0.6 is 15.9 Å². The van der Waals surface area contributed by atoms with Gasteiger partial charge in [0.25, 0.3) is 5.91 Å². The van der Waals surface area contributed by atoms with Gasteiger partial charge in [-0.25, -0.2) is 9.97 Å². The molecule has 5 rings (SSSR count). The lowest BCUT2D eigenvalue weighted by Crippen LogP contribution is -2.39. The van der Waals surface area contributed by atoms with Crippen molar-refractivity contribution in [2.75, 3.05) is 27.9 Å². The molecule has 0 fully saturated rings. The highest BCUT2D eigenvalue weighted by molar-refractivity contribution is 9.10. The number of aromatic amines is 1. The molecule has 0 aliphatic heterocycles. The molecule has 9 nitrogen and oxygen atoms in total. The van der Waals surface area contributed by atoms with Crippen LogP contribution in [0.4, 0.5) is 0 Å². The average Bonchev–Trinajstić information content (AvgIpc) is 3.37. The number of carbonyl (C=O) groups excluding carboxylic acids is 1. The predicted molar refractivity (Wildman–Crippen MR) is 153 cm³/mol. The van der Waals surface area contributed by atoms with Gasteiger partial charge in [0.1, 0.15) is 0 Å². The molecule has 0 radical (unpaired) electrons. The zero-order valence-corrected chi connectivity index (χ0v) is 23.2. The molecule has 3 N–H and O–H groups in total. The van der Waals surface area contributed by atoms with E-state index in [1.54, 1.807) is 30.5 Å². The number of ether oxygens (including phenoxy) is 3. The third-order valence-corrected chi connectivity index (χ3v) is 6.97. The molecule has 1 amide bonds. The fourth-order valence-corrected chi connectivity index (χ4v) is 4.97. The number of fused-ring (bicyclic) bond motifs is 2. The van der Waals surface area contributed by atoms with Crippen LogP contribution in [0.5, 0.6) is 17.2 Å². The Kier molecular flexibility index (Phi) is 7.67. The molecule has 0 spiro atoms. The van der Waals surface area contributed by atoms with E-state index in [-0.39, 0.29) is 12.5 Å². The molecule has 2 aromatic carbocycles. The first-order valence-corrected chi connectivity index (χ1v) is 13.0. The molecule has 200 valence electrons. The summed E-state index contributed by atoms with van der Waals surface area (Å²) in [5.41, 5.74) is 3.93. The number of methoxy groups -OCH3 is 3. The molecule has 5 aromatic rings. The zero-order valence-electron chi connectivity index (χ0n) is 21.6. The van der Waals surface area contributed by atoms with Crippen LogP contribution in [0.1, 0.15) is 15.9 Å². The first kappa shape index (κ1) is 26.5. The number of amides is 1. The fraction of sp³-hybridized carbons (Fsp3) is 0.207. The van der Waals surface area contributed by atoms with E-state index in [0.717, 1.165) is 16.5 Å². The molecule has 0 saturated heterocycles. The second kappa shape index (κ2) is 11.3. The van der Waals surface area contributed by atoms with Gasteiger partial charge in [-0.05, 0) is 58.2 Å². The van der Waals surface area contributed by atoms with Crippen molar-refractivity contribution in [2.24, 2.45) is 0 Å². The molecule has 3 aromatic heterocycles. The predicted octanol–water partition coefficient (Wildman–Crippen LogP) is 4.90. The Labute approximate surface area is 233 Å². The SMILES string of the molecule is COc1cc(-c2cc(C(=O)N[C@@H](CO)Cc3c[nH]c4ccccc34)c3cc(Br)cnc3n2)cc(OC)c1OC. The summed E-state index contributed by atoms with van der Waals surface area (Å²) in [6, 6.07) is 14.5. The van der Waals surface area contributed by atoms with Crippen molar-refractivity contribution in [1.82, 2.24) is 20.3 Å². The second-order valence-corrected chi connectivity index (χ2v) is 9.83. The van der Waals surface area contributed by atoms with E-state index in [4.69, 9.17) is 19.2 Å². The molecular weight excluding hydrogens is 564 g/mol. The van der Waals surface area contributed by atoms with E-state index in [1.807, 2.05) is 30.5 Å². The maximum Gasteiger partial charge on any atom is 0.252 e. The Morgan fingerprint density at radius 1 is 1.05 bits per heavy atom. The van der Waals surface area contributed by atoms with Crippen LogP contribution < -0.4 is 19.5 Å². The largest absolute Gasteiger partial charge is 0.493 e. The number of H-pyrrole nitrogens is 1. The summed E-state index contributed by atoms with van der Waals surface area (Å²) in [6.45, 7) is -0.226. The van der Waals surface area contributed by atoms with Gasteiger partial charge in [0, 0.05) is 38.7 Å². The Hall–Kier alpha value is -4.15. The van der Waals surface area contributed by atoms with Crippen molar-refractivity contribution < 1.29 is 24.1 Å². The zero-order chi connectivity index (χ0) is 27.5. The minimum Gasteiger partial charge on any atom is -0.493 e. The Bertz CT molecular complexity index is 1640. The molecule has 0 bridgehead atoms. The van der Waals surface area contributed by atoms with Gasteiger partial charge in [-0.1, -0.05) is 18.2 Å². The summed E-state index contributed by atoms with van der Waals surface area (Å²) >= 11 is 3.45. The van der Waals surface area contributed by atoms with Crippen LogP contribution in [-0.4, -0.2) is 59.9 Å². The third kappa shape index (κ3) is 5.25. The highest BCUT2D eigenvalue weighted by Gasteiger charge is 2.21. The number of aliphatic hydroxyl groups excluding tert-OH is 1. The quantitative estimate of drug-likeness (QED) is 0.223. The summed E-state index contributed by atoms with van der Waals surface area (Å²) < 4.78 is 17.2. The van der Waals surface area contributed by atoms with Crippen molar-refractivity contribution in [2.45, 2.75) is 12.5 Å². The maximum atomic E-state index is 13.7. The van der Waals surface area contributed by atoms with Crippen molar-refractivity contribution in [1.29, 1.82) is 0 Å². The number of halogens is 1. The van der Waals surface area contributed by atoms with Crippen molar-refractivity contribution in [3.8, 4) is 28.5 Å². The number of rotatable bonds is 9. The van der Waals surface area contributed by atoms with Crippen LogP contribution in [0.15, 0.2) is 65.4 Å². The van der Waals surface area contributed by atoms with Crippen molar-refractivity contribution in [3.05, 3.63) is 76.5 Å². The summed E-state index contributed by atoms with van der Waals surface area (Å²) in [6.07, 6.45) is 3.99. The standard InChI is InChI=1S/C29H27BrN4O5/c1-37-25-9-16(10-26(38-2)27(25)39-3)24-12-22(21-11-18(30)14-32-28(21)34-24)29(36)33-19(15-35)8-17-13-31-23-7-5-4-6-20(17)23/h4-7,9-14,19,31,35H,8,15H2,1-3H3,(H,33,36)/t19-/m1/s1. The van der Waals surface area contributed by atoms with E-state index in [0.29, 0.717) is 56.0 Å². The van der Waals surface area contributed by atoms with Crippen molar-refractivity contribution >= 4 is 43.8 Å². The minimum atomic E-state index is -0.510. The van der Waals surface area contributed by atoms with Gasteiger partial charge < -0.3 is 29.6 Å². The van der Waals surface area contributed by atoms with Crippen LogP contribution in [0, 0.1) is 0 Å². The molecule has 3 heterocycles. The monoisotopic (exact) mass is 590 g/mol. The summed E-state index contributed by atoms with van der Waals surface area (Å²) in [4.78, 5) is 26.1.